The molecule has 1 fully saturated rings. The van der Waals surface area contributed by atoms with Crippen LogP contribution in [0.5, 0.6) is 5.75 Å². The smallest absolute Gasteiger partial charge is 0.232 e. The number of rotatable bonds is 3. The van der Waals surface area contributed by atoms with Crippen LogP contribution < -0.4 is 10.6 Å². The highest BCUT2D eigenvalue weighted by Crippen LogP contribution is 2.35. The van der Waals surface area contributed by atoms with Gasteiger partial charge in [0.25, 0.3) is 0 Å². The van der Waals surface area contributed by atoms with Gasteiger partial charge in [0, 0.05) is 12.2 Å². The summed E-state index contributed by atoms with van der Waals surface area (Å²) in [4.78, 5) is 12.4. The van der Waals surface area contributed by atoms with E-state index in [0.29, 0.717) is 5.92 Å². The summed E-state index contributed by atoms with van der Waals surface area (Å²) in [6.07, 6.45) is 0.870. The van der Waals surface area contributed by atoms with E-state index in [-0.39, 0.29) is 17.1 Å². The highest BCUT2D eigenvalue weighted by Gasteiger charge is 2.43. The Morgan fingerprint density at radius 1 is 1.39 bits per heavy atom. The normalized spacial score (nSPS) is 23.3. The molecule has 18 heavy (non-hydrogen) atoms. The fourth-order valence-corrected chi connectivity index (χ4v) is 2.46. The van der Waals surface area contributed by atoms with Gasteiger partial charge < -0.3 is 15.7 Å². The molecule has 4 nitrogen and oxygen atoms in total. The number of amides is 1. The molecule has 1 aromatic carbocycles. The Kier molecular flexibility index (Phi) is 3.57. The second kappa shape index (κ2) is 4.98. The van der Waals surface area contributed by atoms with Crippen molar-refractivity contribution in [2.75, 3.05) is 18.4 Å². The van der Waals surface area contributed by atoms with Crippen LogP contribution in [0.15, 0.2) is 24.3 Å². The van der Waals surface area contributed by atoms with Gasteiger partial charge in [-0.2, -0.15) is 0 Å². The molecular formula is C14H20N2O2. The van der Waals surface area contributed by atoms with Crippen molar-refractivity contribution in [3.63, 3.8) is 0 Å². The van der Waals surface area contributed by atoms with Crippen LogP contribution in [0.25, 0.3) is 0 Å². The second-order valence-electron chi connectivity index (χ2n) is 5.24. The lowest BCUT2D eigenvalue weighted by Crippen LogP contribution is -2.42. The molecule has 0 saturated carbocycles. The largest absolute Gasteiger partial charge is 0.508 e. The Hall–Kier alpha value is -1.55. The van der Waals surface area contributed by atoms with Gasteiger partial charge in [-0.05, 0) is 43.1 Å². The van der Waals surface area contributed by atoms with Crippen molar-refractivity contribution in [1.82, 2.24) is 5.32 Å². The van der Waals surface area contributed by atoms with E-state index in [1.54, 1.807) is 24.3 Å². The van der Waals surface area contributed by atoms with Gasteiger partial charge in [-0.1, -0.05) is 13.8 Å². The Morgan fingerprint density at radius 3 is 2.56 bits per heavy atom. The highest BCUT2D eigenvalue weighted by atomic mass is 16.3. The summed E-state index contributed by atoms with van der Waals surface area (Å²) in [6.45, 7) is 5.79. The number of hydrogen-bond donors (Lipinski definition) is 3. The summed E-state index contributed by atoms with van der Waals surface area (Å²) in [6, 6.07) is 6.57. The number of anilines is 1. The molecule has 2 rings (SSSR count). The minimum absolute atomic E-state index is 0.0631. The molecule has 0 aromatic heterocycles. The average molecular weight is 248 g/mol. The molecule has 0 aliphatic carbocycles. The summed E-state index contributed by atoms with van der Waals surface area (Å²) in [5.41, 5.74) is 0.405. The third-order valence-electron chi connectivity index (χ3n) is 3.87. The topological polar surface area (TPSA) is 61.4 Å². The maximum Gasteiger partial charge on any atom is 0.232 e. The Labute approximate surface area is 107 Å². The molecule has 1 heterocycles. The first kappa shape index (κ1) is 12.9. The van der Waals surface area contributed by atoms with E-state index in [1.807, 2.05) is 0 Å². The van der Waals surface area contributed by atoms with Gasteiger partial charge in [-0.25, -0.2) is 0 Å². The zero-order valence-corrected chi connectivity index (χ0v) is 10.9. The van der Waals surface area contributed by atoms with Gasteiger partial charge in [0.15, 0.2) is 0 Å². The van der Waals surface area contributed by atoms with Crippen molar-refractivity contribution >= 4 is 11.6 Å². The van der Waals surface area contributed by atoms with Crippen LogP contribution in [0.3, 0.4) is 0 Å². The zero-order valence-electron chi connectivity index (χ0n) is 10.9. The van der Waals surface area contributed by atoms with Gasteiger partial charge in [-0.3, -0.25) is 4.79 Å². The lowest BCUT2D eigenvalue weighted by atomic mass is 9.75. The van der Waals surface area contributed by atoms with Gasteiger partial charge in [-0.15, -0.1) is 0 Å². The summed E-state index contributed by atoms with van der Waals surface area (Å²) in [5, 5.41) is 15.4. The molecule has 1 amide bonds. The van der Waals surface area contributed by atoms with Crippen LogP contribution in [-0.4, -0.2) is 24.1 Å². The van der Waals surface area contributed by atoms with Crippen LogP contribution in [-0.2, 0) is 4.79 Å². The highest BCUT2D eigenvalue weighted by molar-refractivity contribution is 5.96. The number of benzene rings is 1. The minimum Gasteiger partial charge on any atom is -0.508 e. The van der Waals surface area contributed by atoms with Crippen LogP contribution in [0.1, 0.15) is 20.3 Å². The molecule has 1 atom stereocenters. The predicted molar refractivity (Wildman–Crippen MR) is 71.5 cm³/mol. The van der Waals surface area contributed by atoms with E-state index in [9.17, 15) is 9.90 Å². The summed E-state index contributed by atoms with van der Waals surface area (Å²) >= 11 is 0. The van der Waals surface area contributed by atoms with E-state index in [4.69, 9.17) is 0 Å². The summed E-state index contributed by atoms with van der Waals surface area (Å²) < 4.78 is 0. The molecule has 0 bridgehead atoms. The molecule has 98 valence electrons. The van der Waals surface area contributed by atoms with Crippen LogP contribution in [0, 0.1) is 11.3 Å². The first-order valence-corrected chi connectivity index (χ1v) is 6.36. The second-order valence-corrected chi connectivity index (χ2v) is 5.24. The molecule has 0 spiro atoms. The van der Waals surface area contributed by atoms with E-state index in [1.165, 1.54) is 0 Å². The number of aromatic hydroxyl groups is 1. The fourth-order valence-electron chi connectivity index (χ4n) is 2.46. The third kappa shape index (κ3) is 2.34. The predicted octanol–water partition coefficient (Wildman–Crippen LogP) is 1.97. The van der Waals surface area contributed by atoms with Crippen molar-refractivity contribution in [3.05, 3.63) is 24.3 Å². The number of phenols is 1. The number of carbonyl (C=O) groups is 1. The number of hydrogen-bond acceptors (Lipinski definition) is 3. The molecule has 1 aliphatic heterocycles. The standard InChI is InChI=1S/C14H20N2O2/c1-10(2)14(7-8-15-9-14)13(18)16-11-3-5-12(17)6-4-11/h3-6,10,15,17H,7-9H2,1-2H3,(H,16,18). The molecule has 0 radical (unpaired) electrons. The number of nitrogens with one attached hydrogen (secondary N) is 2. The van der Waals surface area contributed by atoms with E-state index in [2.05, 4.69) is 24.5 Å². The fraction of sp³-hybridized carbons (Fsp3) is 0.500. The average Bonchev–Trinajstić information content (AvgIpc) is 2.82. The zero-order chi connectivity index (χ0) is 13.2. The van der Waals surface area contributed by atoms with Crippen molar-refractivity contribution in [3.8, 4) is 5.75 Å². The monoisotopic (exact) mass is 248 g/mol. The van der Waals surface area contributed by atoms with Crippen molar-refractivity contribution in [1.29, 1.82) is 0 Å². The van der Waals surface area contributed by atoms with Crippen LogP contribution in [0.2, 0.25) is 0 Å². The molecule has 1 unspecified atom stereocenters. The molecule has 3 N–H and O–H groups in total. The van der Waals surface area contributed by atoms with Crippen molar-refractivity contribution in [2.45, 2.75) is 20.3 Å². The Balaban J connectivity index is 2.13. The third-order valence-corrected chi connectivity index (χ3v) is 3.87. The van der Waals surface area contributed by atoms with Crippen LogP contribution >= 0.6 is 0 Å². The lowest BCUT2D eigenvalue weighted by Gasteiger charge is -2.31. The lowest BCUT2D eigenvalue weighted by molar-refractivity contribution is -0.126. The van der Waals surface area contributed by atoms with E-state index >= 15 is 0 Å². The molecule has 1 aliphatic rings. The minimum atomic E-state index is -0.322. The maximum absolute atomic E-state index is 12.4. The number of carbonyl (C=O) groups excluding carboxylic acids is 1. The van der Waals surface area contributed by atoms with E-state index < -0.39 is 0 Å². The summed E-state index contributed by atoms with van der Waals surface area (Å²) in [7, 11) is 0. The SMILES string of the molecule is CC(C)C1(C(=O)Nc2ccc(O)cc2)CCNC1. The summed E-state index contributed by atoms with van der Waals surface area (Å²) in [5.74, 6) is 0.562. The van der Waals surface area contributed by atoms with Gasteiger partial charge >= 0.3 is 0 Å². The van der Waals surface area contributed by atoms with Gasteiger partial charge in [0.1, 0.15) is 5.75 Å². The first-order chi connectivity index (χ1) is 8.54. The van der Waals surface area contributed by atoms with Crippen molar-refractivity contribution in [2.24, 2.45) is 11.3 Å². The maximum atomic E-state index is 12.4. The number of phenolic OH excluding ortho intramolecular Hbond substituents is 1. The molecular weight excluding hydrogens is 228 g/mol. The first-order valence-electron chi connectivity index (χ1n) is 6.36. The molecule has 1 saturated heterocycles. The van der Waals surface area contributed by atoms with Crippen molar-refractivity contribution < 1.29 is 9.90 Å². The quantitative estimate of drug-likeness (QED) is 0.717. The molecule has 4 heteroatoms. The van der Waals surface area contributed by atoms with Gasteiger partial charge in [0.2, 0.25) is 5.91 Å². The van der Waals surface area contributed by atoms with Gasteiger partial charge in [0.05, 0.1) is 5.41 Å². The van der Waals surface area contributed by atoms with Crippen LogP contribution in [0.4, 0.5) is 5.69 Å². The Bertz CT molecular complexity index is 420. The molecule has 1 aromatic rings. The Morgan fingerprint density at radius 2 is 2.06 bits per heavy atom. The van der Waals surface area contributed by atoms with E-state index in [0.717, 1.165) is 25.2 Å².